The van der Waals surface area contributed by atoms with Crippen molar-refractivity contribution in [1.82, 2.24) is 4.98 Å². The van der Waals surface area contributed by atoms with Gasteiger partial charge in [0.15, 0.2) is 5.13 Å². The van der Waals surface area contributed by atoms with Crippen molar-refractivity contribution in [2.24, 2.45) is 0 Å². The number of aromatic nitrogens is 1. The number of thiazole rings is 1. The van der Waals surface area contributed by atoms with E-state index in [1.807, 2.05) is 25.1 Å². The number of nitrogens with one attached hydrogen (secondary N) is 1. The highest BCUT2D eigenvalue weighted by atomic mass is 32.1. The summed E-state index contributed by atoms with van der Waals surface area (Å²) in [7, 11) is 0. The molecule has 0 fully saturated rings. The first-order chi connectivity index (χ1) is 11.0. The van der Waals surface area contributed by atoms with Crippen LogP contribution in [0.3, 0.4) is 0 Å². The van der Waals surface area contributed by atoms with Gasteiger partial charge in [-0.15, -0.1) is 0 Å². The standard InChI is InChI=1S/C16H13N3O3S/c1-9-6-7-12-14(8-9)23-16(17-12)18-15(20)11-4-3-5-13(10(11)2)19(21)22/h3-8H,1-2H3,(H,17,18,20). The number of hydrogen-bond acceptors (Lipinski definition) is 5. The van der Waals surface area contributed by atoms with Crippen molar-refractivity contribution in [1.29, 1.82) is 0 Å². The fourth-order valence-corrected chi connectivity index (χ4v) is 3.28. The quantitative estimate of drug-likeness (QED) is 0.580. The lowest BCUT2D eigenvalue weighted by Crippen LogP contribution is -2.13. The fourth-order valence-electron chi connectivity index (χ4n) is 2.32. The van der Waals surface area contributed by atoms with Crippen molar-refractivity contribution in [3.8, 4) is 0 Å². The average Bonchev–Trinajstić information content (AvgIpc) is 2.88. The molecule has 1 heterocycles. The van der Waals surface area contributed by atoms with Crippen LogP contribution < -0.4 is 5.32 Å². The van der Waals surface area contributed by atoms with Crippen LogP contribution in [0, 0.1) is 24.0 Å². The predicted octanol–water partition coefficient (Wildman–Crippen LogP) is 4.07. The van der Waals surface area contributed by atoms with E-state index in [9.17, 15) is 14.9 Å². The molecule has 7 heteroatoms. The maximum absolute atomic E-state index is 12.4. The largest absolute Gasteiger partial charge is 0.298 e. The lowest BCUT2D eigenvalue weighted by molar-refractivity contribution is -0.385. The highest BCUT2D eigenvalue weighted by Gasteiger charge is 2.18. The molecule has 3 rings (SSSR count). The molecule has 0 aliphatic carbocycles. The van der Waals surface area contributed by atoms with E-state index in [0.29, 0.717) is 10.7 Å². The lowest BCUT2D eigenvalue weighted by atomic mass is 10.1. The van der Waals surface area contributed by atoms with Crippen LogP contribution in [0.1, 0.15) is 21.5 Å². The van der Waals surface area contributed by atoms with Gasteiger partial charge < -0.3 is 0 Å². The summed E-state index contributed by atoms with van der Waals surface area (Å²) in [6.45, 7) is 3.55. The van der Waals surface area contributed by atoms with E-state index < -0.39 is 10.8 Å². The minimum absolute atomic E-state index is 0.0717. The second kappa shape index (κ2) is 5.77. The summed E-state index contributed by atoms with van der Waals surface area (Å²) in [5.41, 5.74) is 2.47. The van der Waals surface area contributed by atoms with Gasteiger partial charge in [-0.1, -0.05) is 23.5 Å². The highest BCUT2D eigenvalue weighted by Crippen LogP contribution is 2.28. The van der Waals surface area contributed by atoms with Gasteiger partial charge in [0.2, 0.25) is 0 Å². The van der Waals surface area contributed by atoms with Gasteiger partial charge >= 0.3 is 0 Å². The van der Waals surface area contributed by atoms with Crippen molar-refractivity contribution >= 4 is 38.3 Å². The SMILES string of the molecule is Cc1ccc2nc(NC(=O)c3cccc([N+](=O)[O-])c3C)sc2c1. The molecule has 1 N–H and O–H groups in total. The third kappa shape index (κ3) is 2.91. The number of anilines is 1. The number of nitrogens with zero attached hydrogens (tertiary/aromatic N) is 2. The van der Waals surface area contributed by atoms with Gasteiger partial charge in [0.1, 0.15) is 0 Å². The first-order valence-electron chi connectivity index (χ1n) is 6.88. The average molecular weight is 327 g/mol. The molecule has 116 valence electrons. The molecule has 6 nitrogen and oxygen atoms in total. The second-order valence-electron chi connectivity index (χ2n) is 5.15. The molecule has 0 unspecified atom stereocenters. The van der Waals surface area contributed by atoms with Crippen molar-refractivity contribution in [2.45, 2.75) is 13.8 Å². The predicted molar refractivity (Wildman–Crippen MR) is 90.1 cm³/mol. The first kappa shape index (κ1) is 15.1. The van der Waals surface area contributed by atoms with E-state index in [2.05, 4.69) is 10.3 Å². The molecule has 0 aliphatic heterocycles. The van der Waals surface area contributed by atoms with E-state index in [1.54, 1.807) is 13.0 Å². The van der Waals surface area contributed by atoms with Crippen molar-refractivity contribution in [3.05, 3.63) is 63.2 Å². The summed E-state index contributed by atoms with van der Waals surface area (Å²) in [5.74, 6) is -0.401. The van der Waals surface area contributed by atoms with Crippen molar-refractivity contribution in [3.63, 3.8) is 0 Å². The second-order valence-corrected chi connectivity index (χ2v) is 6.18. The van der Waals surface area contributed by atoms with Crippen LogP contribution in [0.2, 0.25) is 0 Å². The number of rotatable bonds is 3. The van der Waals surface area contributed by atoms with Gasteiger partial charge in [-0.3, -0.25) is 20.2 Å². The van der Waals surface area contributed by atoms with Crippen LogP contribution in [-0.2, 0) is 0 Å². The number of carbonyl (C=O) groups is 1. The van der Waals surface area contributed by atoms with Gasteiger partial charge in [0.05, 0.1) is 15.1 Å². The van der Waals surface area contributed by atoms with Crippen LogP contribution in [-0.4, -0.2) is 15.8 Å². The Morgan fingerprint density at radius 2 is 2.04 bits per heavy atom. The number of aryl methyl sites for hydroxylation is 1. The molecular formula is C16H13N3O3S. The number of nitro groups is 1. The van der Waals surface area contributed by atoms with Crippen LogP contribution in [0.4, 0.5) is 10.8 Å². The molecule has 0 bridgehead atoms. The number of hydrogen-bond donors (Lipinski definition) is 1. The summed E-state index contributed by atoms with van der Waals surface area (Å²) in [6.07, 6.45) is 0. The van der Waals surface area contributed by atoms with Crippen LogP contribution in [0.5, 0.6) is 0 Å². The third-order valence-corrected chi connectivity index (χ3v) is 4.44. The van der Waals surface area contributed by atoms with Crippen LogP contribution in [0.15, 0.2) is 36.4 Å². The Labute approximate surface area is 135 Å². The van der Waals surface area contributed by atoms with Crippen LogP contribution in [0.25, 0.3) is 10.2 Å². The Hall–Kier alpha value is -2.80. The molecular weight excluding hydrogens is 314 g/mol. The molecule has 0 saturated heterocycles. The lowest BCUT2D eigenvalue weighted by Gasteiger charge is -2.05. The van der Waals surface area contributed by atoms with E-state index in [4.69, 9.17) is 0 Å². The van der Waals surface area contributed by atoms with Gasteiger partial charge in [-0.25, -0.2) is 4.98 Å². The molecule has 0 saturated carbocycles. The summed E-state index contributed by atoms with van der Waals surface area (Å²) in [6, 6.07) is 10.3. The molecule has 0 atom stereocenters. The maximum atomic E-state index is 12.4. The Morgan fingerprint density at radius 3 is 2.78 bits per heavy atom. The molecule has 0 spiro atoms. The number of benzene rings is 2. The molecule has 2 aromatic carbocycles. The summed E-state index contributed by atoms with van der Waals surface area (Å²) in [5, 5.41) is 14.2. The van der Waals surface area contributed by atoms with Gasteiger partial charge in [-0.05, 0) is 37.6 Å². The number of amides is 1. The molecule has 0 aliphatic rings. The molecule has 3 aromatic rings. The number of nitro benzene ring substituents is 1. The van der Waals surface area contributed by atoms with Gasteiger partial charge in [0, 0.05) is 17.2 Å². The zero-order valence-electron chi connectivity index (χ0n) is 12.5. The van der Waals surface area contributed by atoms with Crippen molar-refractivity contribution < 1.29 is 9.72 Å². The summed E-state index contributed by atoms with van der Waals surface area (Å²) >= 11 is 1.37. The van der Waals surface area contributed by atoms with E-state index >= 15 is 0 Å². The first-order valence-corrected chi connectivity index (χ1v) is 7.70. The van der Waals surface area contributed by atoms with Gasteiger partial charge in [-0.2, -0.15) is 0 Å². The molecule has 1 aromatic heterocycles. The monoisotopic (exact) mass is 327 g/mol. The zero-order valence-corrected chi connectivity index (χ0v) is 13.3. The smallest absolute Gasteiger partial charge is 0.273 e. The molecule has 0 radical (unpaired) electrons. The Kier molecular flexibility index (Phi) is 3.79. The van der Waals surface area contributed by atoms with E-state index in [-0.39, 0.29) is 11.3 Å². The molecule has 1 amide bonds. The van der Waals surface area contributed by atoms with E-state index in [1.165, 1.54) is 23.5 Å². The van der Waals surface area contributed by atoms with Crippen molar-refractivity contribution in [2.75, 3.05) is 5.32 Å². The number of carbonyl (C=O) groups excluding carboxylic acids is 1. The Balaban J connectivity index is 1.91. The van der Waals surface area contributed by atoms with E-state index in [0.717, 1.165) is 15.8 Å². The topological polar surface area (TPSA) is 85.1 Å². The number of fused-ring (bicyclic) bond motifs is 1. The minimum atomic E-state index is -0.493. The minimum Gasteiger partial charge on any atom is -0.298 e. The summed E-state index contributed by atoms with van der Waals surface area (Å²) < 4.78 is 0.982. The fraction of sp³-hybridized carbons (Fsp3) is 0.125. The Morgan fingerprint density at radius 1 is 1.26 bits per heavy atom. The summed E-state index contributed by atoms with van der Waals surface area (Å²) in [4.78, 5) is 27.2. The highest BCUT2D eigenvalue weighted by molar-refractivity contribution is 7.22. The Bertz CT molecular complexity index is 933. The normalized spacial score (nSPS) is 10.7. The zero-order chi connectivity index (χ0) is 16.6. The maximum Gasteiger partial charge on any atom is 0.273 e. The van der Waals surface area contributed by atoms with Crippen LogP contribution >= 0.6 is 11.3 Å². The van der Waals surface area contributed by atoms with Gasteiger partial charge in [0.25, 0.3) is 11.6 Å². The third-order valence-electron chi connectivity index (χ3n) is 3.51. The molecule has 23 heavy (non-hydrogen) atoms.